The molecule has 3 aromatic heterocycles. The van der Waals surface area contributed by atoms with Crippen molar-refractivity contribution in [1.29, 1.82) is 0 Å². The number of nitrogens with zero attached hydrogens (tertiary/aromatic N) is 5. The highest BCUT2D eigenvalue weighted by Gasteiger charge is 2.52. The van der Waals surface area contributed by atoms with E-state index >= 15 is 0 Å². The summed E-state index contributed by atoms with van der Waals surface area (Å²) in [6.07, 6.45) is 7.70. The third kappa shape index (κ3) is 5.07. The fourth-order valence-corrected chi connectivity index (χ4v) is 8.42. The van der Waals surface area contributed by atoms with Gasteiger partial charge in [-0.2, -0.15) is 0 Å². The molecular weight excluding hydrogens is 574 g/mol. The van der Waals surface area contributed by atoms with E-state index in [1.54, 1.807) is 29.8 Å². The zero-order valence-corrected chi connectivity index (χ0v) is 24.9. The van der Waals surface area contributed by atoms with Gasteiger partial charge in [0.15, 0.2) is 0 Å². The lowest BCUT2D eigenvalue weighted by Crippen LogP contribution is -2.49. The van der Waals surface area contributed by atoms with E-state index in [9.17, 15) is 9.35 Å². The number of H-pyrrole nitrogens is 1. The molecule has 2 aliphatic rings. The molecule has 9 nitrogen and oxygen atoms in total. The predicted octanol–water partition coefficient (Wildman–Crippen LogP) is 4.91. The van der Waals surface area contributed by atoms with Crippen LogP contribution in [0.3, 0.4) is 0 Å². The zero-order valence-electron chi connectivity index (χ0n) is 21.7. The molecule has 2 atom stereocenters. The van der Waals surface area contributed by atoms with Crippen LogP contribution in [0, 0.1) is 5.41 Å². The van der Waals surface area contributed by atoms with Crippen LogP contribution in [-0.2, 0) is 17.8 Å². The first kappa shape index (κ1) is 27.0. The molecule has 4 aromatic rings. The van der Waals surface area contributed by atoms with Crippen molar-refractivity contribution in [2.45, 2.75) is 60.7 Å². The monoisotopic (exact) mass is 601 g/mol. The zero-order chi connectivity index (χ0) is 27.4. The van der Waals surface area contributed by atoms with E-state index in [1.165, 1.54) is 23.0 Å². The fourth-order valence-electron chi connectivity index (χ4n) is 5.29. The molecule has 39 heavy (non-hydrogen) atoms. The molecule has 1 aliphatic heterocycles. The number of thiazole rings is 1. The van der Waals surface area contributed by atoms with Crippen molar-refractivity contribution in [3.05, 3.63) is 62.3 Å². The van der Waals surface area contributed by atoms with Crippen LogP contribution >= 0.6 is 34.7 Å². The molecule has 1 saturated heterocycles. The molecule has 6 rings (SSSR count). The van der Waals surface area contributed by atoms with E-state index in [1.807, 2.05) is 32.3 Å². The second-order valence-electron chi connectivity index (χ2n) is 10.9. The number of aromatic nitrogens is 5. The van der Waals surface area contributed by atoms with E-state index in [-0.39, 0.29) is 21.8 Å². The van der Waals surface area contributed by atoms with Crippen LogP contribution in [0.25, 0.3) is 10.9 Å². The number of rotatable bonds is 5. The van der Waals surface area contributed by atoms with Crippen molar-refractivity contribution >= 4 is 62.8 Å². The molecule has 1 fully saturated rings. The molecule has 0 radical (unpaired) electrons. The Morgan fingerprint density at radius 3 is 2.72 bits per heavy atom. The van der Waals surface area contributed by atoms with Gasteiger partial charge in [-0.1, -0.05) is 23.4 Å². The Morgan fingerprint density at radius 1 is 1.21 bits per heavy atom. The van der Waals surface area contributed by atoms with Gasteiger partial charge in [0.25, 0.3) is 5.56 Å². The lowest BCUT2D eigenvalue weighted by atomic mass is 9.74. The van der Waals surface area contributed by atoms with Crippen molar-refractivity contribution in [3.8, 4) is 0 Å². The quantitative estimate of drug-likeness (QED) is 0.307. The van der Waals surface area contributed by atoms with Gasteiger partial charge in [0.05, 0.1) is 51.9 Å². The topological polar surface area (TPSA) is 123 Å². The van der Waals surface area contributed by atoms with Gasteiger partial charge in [-0.3, -0.25) is 4.79 Å². The normalized spacial score (nSPS) is 19.5. The number of halogens is 1. The van der Waals surface area contributed by atoms with Crippen LogP contribution < -0.4 is 15.2 Å². The van der Waals surface area contributed by atoms with Gasteiger partial charge in [0, 0.05) is 39.6 Å². The van der Waals surface area contributed by atoms with E-state index in [4.69, 9.17) is 16.6 Å². The van der Waals surface area contributed by atoms with E-state index in [0.717, 1.165) is 48.8 Å². The van der Waals surface area contributed by atoms with Crippen molar-refractivity contribution in [2.24, 2.45) is 5.41 Å². The van der Waals surface area contributed by atoms with Crippen molar-refractivity contribution in [2.75, 3.05) is 18.0 Å². The van der Waals surface area contributed by atoms with Gasteiger partial charge in [0.1, 0.15) is 15.6 Å². The number of nitrogens with one attached hydrogen (secondary N) is 2. The van der Waals surface area contributed by atoms with Crippen molar-refractivity contribution in [1.82, 2.24) is 29.6 Å². The largest absolute Gasteiger partial charge is 0.598 e. The number of hydrogen-bond donors (Lipinski definition) is 2. The number of hydrogen-bond acceptors (Lipinski definition) is 10. The molecule has 4 heterocycles. The maximum atomic E-state index is 13.1. The molecule has 1 aromatic carbocycles. The Morgan fingerprint density at radius 2 is 2.00 bits per heavy atom. The van der Waals surface area contributed by atoms with E-state index in [2.05, 4.69) is 29.6 Å². The Hall–Kier alpha value is -2.22. The summed E-state index contributed by atoms with van der Waals surface area (Å²) >= 11 is 8.40. The Bertz CT molecular complexity index is 1560. The van der Waals surface area contributed by atoms with Crippen LogP contribution in [0.5, 0.6) is 0 Å². The first-order valence-corrected chi connectivity index (χ1v) is 15.9. The molecular formula is C26H28ClN7O2S3. The SMILES string of the molecule is CC(C)(C)[S@+]([O-])NC1c2scnc2CC12CCN(c1cnc(Sc3ccc4nc[nH]c(=O)c4c3Cl)cn1)CC2. The average Bonchev–Trinajstić information content (AvgIpc) is 3.46. The second-order valence-corrected chi connectivity index (χ2v) is 15.3. The summed E-state index contributed by atoms with van der Waals surface area (Å²) in [7, 11) is 0. The standard InChI is InChI=1S/C26H28ClN7O2S3/c1-25(2,3)39(36)33-23-22-16(32-14-37-22)10-26(23)6-8-34(9-7-26)18-11-29-19(12-28-18)38-17-5-4-15-20(21(17)27)24(35)31-13-30-15/h4-5,11-14,23,33H,6-10H2,1-3H3,(H,30,31,35)/t23?,39-/m0/s1. The molecule has 0 amide bonds. The molecule has 1 aliphatic carbocycles. The Labute approximate surface area is 242 Å². The van der Waals surface area contributed by atoms with E-state index < -0.39 is 11.4 Å². The summed E-state index contributed by atoms with van der Waals surface area (Å²) < 4.78 is 16.2. The highest BCUT2D eigenvalue weighted by Crippen LogP contribution is 2.53. The molecule has 13 heteroatoms. The average molecular weight is 602 g/mol. The first-order chi connectivity index (χ1) is 18.6. The van der Waals surface area contributed by atoms with Crippen molar-refractivity contribution in [3.63, 3.8) is 0 Å². The molecule has 0 saturated carbocycles. The minimum atomic E-state index is -1.16. The number of anilines is 1. The number of fused-ring (bicyclic) bond motifs is 2. The fraction of sp³-hybridized carbons (Fsp3) is 0.423. The summed E-state index contributed by atoms with van der Waals surface area (Å²) in [6.45, 7) is 7.67. The maximum absolute atomic E-state index is 13.1. The highest BCUT2D eigenvalue weighted by atomic mass is 35.5. The summed E-state index contributed by atoms with van der Waals surface area (Å²) in [4.78, 5) is 37.1. The summed E-state index contributed by atoms with van der Waals surface area (Å²) in [6, 6.07) is 3.66. The van der Waals surface area contributed by atoms with Crippen molar-refractivity contribution < 1.29 is 4.55 Å². The van der Waals surface area contributed by atoms with Crippen LogP contribution in [0.4, 0.5) is 5.82 Å². The summed E-state index contributed by atoms with van der Waals surface area (Å²) in [5.41, 5.74) is 3.31. The molecule has 204 valence electrons. The molecule has 1 unspecified atom stereocenters. The second kappa shape index (κ2) is 10.3. The van der Waals surface area contributed by atoms with Crippen LogP contribution in [0.15, 0.2) is 51.1 Å². The maximum Gasteiger partial charge on any atom is 0.260 e. The summed E-state index contributed by atoms with van der Waals surface area (Å²) in [5, 5.41) is 1.41. The van der Waals surface area contributed by atoms with Gasteiger partial charge in [0.2, 0.25) is 0 Å². The van der Waals surface area contributed by atoms with E-state index in [0.29, 0.717) is 21.0 Å². The van der Waals surface area contributed by atoms with Gasteiger partial charge in [-0.25, -0.2) is 19.9 Å². The van der Waals surface area contributed by atoms with Gasteiger partial charge >= 0.3 is 0 Å². The lowest BCUT2D eigenvalue weighted by Gasteiger charge is -2.43. The third-order valence-electron chi connectivity index (χ3n) is 7.47. The van der Waals surface area contributed by atoms with Crippen LogP contribution in [0.2, 0.25) is 5.02 Å². The first-order valence-electron chi connectivity index (χ1n) is 12.7. The van der Waals surface area contributed by atoms with Gasteiger partial charge < -0.3 is 14.4 Å². The molecule has 1 spiro atoms. The predicted molar refractivity (Wildman–Crippen MR) is 157 cm³/mol. The smallest absolute Gasteiger partial charge is 0.260 e. The van der Waals surface area contributed by atoms with Crippen LogP contribution in [0.1, 0.15) is 50.2 Å². The van der Waals surface area contributed by atoms with Crippen LogP contribution in [-0.4, -0.2) is 47.3 Å². The number of benzene rings is 1. The minimum absolute atomic E-state index is 0.00437. The number of piperidine rings is 1. The lowest BCUT2D eigenvalue weighted by molar-refractivity contribution is 0.176. The third-order valence-corrected chi connectivity index (χ3v) is 11.5. The Kier molecular flexibility index (Phi) is 7.13. The van der Waals surface area contributed by atoms with Gasteiger partial charge in [-0.05, 0) is 52.2 Å². The number of aromatic amines is 1. The molecule has 0 bridgehead atoms. The highest BCUT2D eigenvalue weighted by molar-refractivity contribution is 7.99. The molecule has 2 N–H and O–H groups in total. The minimum Gasteiger partial charge on any atom is -0.598 e. The summed E-state index contributed by atoms with van der Waals surface area (Å²) in [5.74, 6) is 0.827. The van der Waals surface area contributed by atoms with Gasteiger partial charge in [-0.15, -0.1) is 16.1 Å². The Balaban J connectivity index is 1.15.